The van der Waals surface area contributed by atoms with Crippen LogP contribution in [0.3, 0.4) is 0 Å². The zero-order valence-corrected chi connectivity index (χ0v) is 17.2. The normalized spacial score (nSPS) is 14.4. The van der Waals surface area contributed by atoms with Crippen molar-refractivity contribution >= 4 is 5.97 Å². The smallest absolute Gasteiger partial charge is 0.303 e. The Morgan fingerprint density at radius 2 is 1.62 bits per heavy atom. The molecule has 0 spiro atoms. The molecule has 0 bridgehead atoms. The Balaban J connectivity index is 1.60. The lowest BCUT2D eigenvalue weighted by Crippen LogP contribution is -2.08. The average Bonchev–Trinajstić information content (AvgIpc) is 2.94. The number of carboxylic acid groups (broad SMARTS) is 1. The van der Waals surface area contributed by atoms with Crippen LogP contribution >= 0.6 is 0 Å². The number of aliphatic carboxylic acids is 1. The number of allylic oxidation sites excluding steroid dienone is 1. The van der Waals surface area contributed by atoms with Gasteiger partial charge in [0, 0.05) is 18.4 Å². The lowest BCUT2D eigenvalue weighted by Gasteiger charge is -2.15. The second-order valence-corrected chi connectivity index (χ2v) is 7.68. The van der Waals surface area contributed by atoms with Crippen molar-refractivity contribution in [3.8, 4) is 11.5 Å². The number of aryl methyl sites for hydroxylation is 2. The number of carbonyl (C=O) groups is 1. The monoisotopic (exact) mass is 394 g/mol. The number of hydrogen-bond acceptors (Lipinski definition) is 3. The highest BCUT2D eigenvalue weighted by Crippen LogP contribution is 2.27. The van der Waals surface area contributed by atoms with E-state index in [-0.39, 0.29) is 6.42 Å². The second kappa shape index (κ2) is 10.7. The summed E-state index contributed by atoms with van der Waals surface area (Å²) in [5.41, 5.74) is 3.60. The summed E-state index contributed by atoms with van der Waals surface area (Å²) in [5.74, 6) is 2.02. The molecular weight excluding hydrogens is 364 g/mol. The summed E-state index contributed by atoms with van der Waals surface area (Å²) in [6.07, 6.45) is 7.13. The molecule has 29 heavy (non-hydrogen) atoms. The fourth-order valence-corrected chi connectivity index (χ4v) is 3.51. The Bertz CT molecular complexity index is 819. The molecule has 4 heteroatoms. The van der Waals surface area contributed by atoms with E-state index in [1.54, 1.807) is 0 Å². The van der Waals surface area contributed by atoms with Gasteiger partial charge in [-0.3, -0.25) is 4.79 Å². The van der Waals surface area contributed by atoms with Gasteiger partial charge in [-0.05, 0) is 68.9 Å². The fourth-order valence-electron chi connectivity index (χ4n) is 3.51. The molecule has 1 aliphatic carbocycles. The number of carboxylic acids is 1. The fraction of sp³-hybridized carbons (Fsp3) is 0.400. The minimum atomic E-state index is -0.745. The molecule has 0 amide bonds. The van der Waals surface area contributed by atoms with E-state index in [2.05, 4.69) is 19.1 Å². The van der Waals surface area contributed by atoms with E-state index in [1.165, 1.54) is 24.0 Å². The average molecular weight is 395 g/mol. The molecule has 0 unspecified atom stereocenters. The molecule has 2 aromatic rings. The van der Waals surface area contributed by atoms with Crippen LogP contribution < -0.4 is 9.47 Å². The van der Waals surface area contributed by atoms with E-state index in [0.29, 0.717) is 13.0 Å². The van der Waals surface area contributed by atoms with E-state index < -0.39 is 5.97 Å². The quantitative estimate of drug-likeness (QED) is 0.560. The lowest BCUT2D eigenvalue weighted by molar-refractivity contribution is -0.137. The lowest BCUT2D eigenvalue weighted by atomic mass is 10.1. The zero-order chi connectivity index (χ0) is 20.5. The van der Waals surface area contributed by atoms with Gasteiger partial charge >= 0.3 is 5.97 Å². The van der Waals surface area contributed by atoms with Gasteiger partial charge < -0.3 is 14.6 Å². The van der Waals surface area contributed by atoms with Gasteiger partial charge in [0.1, 0.15) is 23.9 Å². The maximum absolute atomic E-state index is 10.6. The van der Waals surface area contributed by atoms with Gasteiger partial charge in [-0.1, -0.05) is 36.2 Å². The Hall–Kier alpha value is -2.75. The van der Waals surface area contributed by atoms with E-state index in [4.69, 9.17) is 14.6 Å². The van der Waals surface area contributed by atoms with Gasteiger partial charge in [-0.25, -0.2) is 0 Å². The van der Waals surface area contributed by atoms with Crippen LogP contribution in [0.25, 0.3) is 0 Å². The molecule has 0 heterocycles. The molecule has 1 aliphatic rings. The van der Waals surface area contributed by atoms with Gasteiger partial charge in [0.25, 0.3) is 0 Å². The van der Waals surface area contributed by atoms with Gasteiger partial charge in [0.2, 0.25) is 0 Å². The van der Waals surface area contributed by atoms with Crippen molar-refractivity contribution in [2.24, 2.45) is 0 Å². The molecule has 0 radical (unpaired) electrons. The Kier molecular flexibility index (Phi) is 7.74. The largest absolute Gasteiger partial charge is 0.489 e. The molecule has 2 aromatic carbocycles. The van der Waals surface area contributed by atoms with Crippen molar-refractivity contribution in [2.75, 3.05) is 6.61 Å². The van der Waals surface area contributed by atoms with E-state index >= 15 is 0 Å². The van der Waals surface area contributed by atoms with Crippen LogP contribution in [0.4, 0.5) is 0 Å². The van der Waals surface area contributed by atoms with Gasteiger partial charge in [0.05, 0.1) is 0 Å². The molecule has 4 nitrogen and oxygen atoms in total. The standard InChI is InChI=1S/C25H30O4/c1-19-10-14-23(15-11-19)29-24-8-4-2-3-7-21(24)18-28-22-16-12-20(13-17-22)6-5-9-25(26)27/h10-17H,2-9,18H2,1H3,(H,26,27). The van der Waals surface area contributed by atoms with Crippen molar-refractivity contribution in [2.45, 2.75) is 58.3 Å². The highest BCUT2D eigenvalue weighted by molar-refractivity contribution is 5.66. The van der Waals surface area contributed by atoms with Crippen LogP contribution in [0.2, 0.25) is 0 Å². The van der Waals surface area contributed by atoms with Crippen molar-refractivity contribution in [1.82, 2.24) is 0 Å². The highest BCUT2D eigenvalue weighted by atomic mass is 16.5. The van der Waals surface area contributed by atoms with Gasteiger partial charge in [0.15, 0.2) is 0 Å². The van der Waals surface area contributed by atoms with Crippen LogP contribution in [-0.2, 0) is 11.2 Å². The maximum Gasteiger partial charge on any atom is 0.303 e. The van der Waals surface area contributed by atoms with E-state index in [1.807, 2.05) is 36.4 Å². The van der Waals surface area contributed by atoms with Crippen LogP contribution in [0, 0.1) is 6.92 Å². The van der Waals surface area contributed by atoms with Crippen molar-refractivity contribution in [3.05, 3.63) is 71.0 Å². The number of rotatable bonds is 9. The topological polar surface area (TPSA) is 55.8 Å². The first-order valence-corrected chi connectivity index (χ1v) is 10.5. The molecule has 3 rings (SSSR count). The summed E-state index contributed by atoms with van der Waals surface area (Å²) in [4.78, 5) is 10.6. The van der Waals surface area contributed by atoms with Gasteiger partial charge in [-0.2, -0.15) is 0 Å². The zero-order valence-electron chi connectivity index (χ0n) is 17.2. The van der Waals surface area contributed by atoms with Crippen molar-refractivity contribution in [1.29, 1.82) is 0 Å². The first-order chi connectivity index (χ1) is 14.1. The summed E-state index contributed by atoms with van der Waals surface area (Å²) >= 11 is 0. The molecule has 1 N–H and O–H groups in total. The first kappa shape index (κ1) is 21.0. The first-order valence-electron chi connectivity index (χ1n) is 10.5. The molecule has 154 valence electrons. The van der Waals surface area contributed by atoms with Crippen LogP contribution in [-0.4, -0.2) is 17.7 Å². The number of benzene rings is 2. The summed E-state index contributed by atoms with van der Waals surface area (Å²) < 4.78 is 12.3. The molecule has 0 saturated carbocycles. The molecule has 0 aromatic heterocycles. The van der Waals surface area contributed by atoms with Crippen molar-refractivity contribution < 1.29 is 19.4 Å². The molecular formula is C25H30O4. The molecule has 0 atom stereocenters. The SMILES string of the molecule is Cc1ccc(OC2=C(COc3ccc(CCCC(=O)O)cc3)CCCCC2)cc1. The van der Waals surface area contributed by atoms with Crippen molar-refractivity contribution in [3.63, 3.8) is 0 Å². The molecule has 0 saturated heterocycles. The molecule has 0 fully saturated rings. The molecule has 0 aliphatic heterocycles. The third-order valence-electron chi connectivity index (χ3n) is 5.23. The number of hydrogen-bond donors (Lipinski definition) is 1. The Morgan fingerprint density at radius 3 is 2.34 bits per heavy atom. The third-order valence-corrected chi connectivity index (χ3v) is 5.23. The predicted octanol–water partition coefficient (Wildman–Crippen LogP) is 6.08. The van der Waals surface area contributed by atoms with E-state index in [0.717, 1.165) is 48.5 Å². The minimum Gasteiger partial charge on any atom is -0.489 e. The van der Waals surface area contributed by atoms with Crippen LogP contribution in [0.15, 0.2) is 59.9 Å². The summed E-state index contributed by atoms with van der Waals surface area (Å²) in [5, 5.41) is 8.74. The summed E-state index contributed by atoms with van der Waals surface area (Å²) in [6.45, 7) is 2.62. The predicted molar refractivity (Wildman–Crippen MR) is 114 cm³/mol. The third kappa shape index (κ3) is 6.97. The highest BCUT2D eigenvalue weighted by Gasteiger charge is 2.14. The van der Waals surface area contributed by atoms with Crippen LogP contribution in [0.1, 0.15) is 56.1 Å². The van der Waals surface area contributed by atoms with Crippen LogP contribution in [0.5, 0.6) is 11.5 Å². The second-order valence-electron chi connectivity index (χ2n) is 7.68. The minimum absolute atomic E-state index is 0.205. The summed E-state index contributed by atoms with van der Waals surface area (Å²) in [6, 6.07) is 16.2. The maximum atomic E-state index is 10.6. The van der Waals surface area contributed by atoms with E-state index in [9.17, 15) is 4.79 Å². The summed E-state index contributed by atoms with van der Waals surface area (Å²) in [7, 11) is 0. The number of ether oxygens (including phenoxy) is 2. The van der Waals surface area contributed by atoms with Gasteiger partial charge in [-0.15, -0.1) is 0 Å². The Morgan fingerprint density at radius 1 is 0.931 bits per heavy atom. The Labute approximate surface area is 173 Å².